The fourth-order valence-electron chi connectivity index (χ4n) is 2.33. The van der Waals surface area contributed by atoms with Gasteiger partial charge in [-0.2, -0.15) is 0 Å². The van der Waals surface area contributed by atoms with Gasteiger partial charge in [-0.05, 0) is 30.2 Å². The molecule has 1 unspecified atom stereocenters. The first-order valence-electron chi connectivity index (χ1n) is 6.00. The molecule has 1 aromatic carbocycles. The molecule has 1 saturated heterocycles. The van der Waals surface area contributed by atoms with Crippen LogP contribution in [0, 0.1) is 12.7 Å². The molecule has 1 heterocycles. The molecule has 0 radical (unpaired) electrons. The molecular formula is C13H19FN2O. The van der Waals surface area contributed by atoms with Gasteiger partial charge in [0.2, 0.25) is 0 Å². The topological polar surface area (TPSA) is 38.5 Å². The van der Waals surface area contributed by atoms with E-state index in [1.54, 1.807) is 6.07 Å². The Morgan fingerprint density at radius 2 is 2.12 bits per heavy atom. The lowest BCUT2D eigenvalue weighted by Crippen LogP contribution is -2.42. The van der Waals surface area contributed by atoms with Gasteiger partial charge in [0.15, 0.2) is 0 Å². The molecule has 4 heteroatoms. The standard InChI is InChI=1S/C13H19FN2O/c1-10-2-3-11(14)8-12(10)13(9-15)16-4-6-17-7-5-16/h2-3,8,13H,4-7,9,15H2,1H3. The monoisotopic (exact) mass is 238 g/mol. The number of hydrogen-bond acceptors (Lipinski definition) is 3. The van der Waals surface area contributed by atoms with Crippen molar-refractivity contribution in [3.63, 3.8) is 0 Å². The molecule has 1 aromatic rings. The Morgan fingerprint density at radius 3 is 2.76 bits per heavy atom. The SMILES string of the molecule is Cc1ccc(F)cc1C(CN)N1CCOCC1. The van der Waals surface area contributed by atoms with E-state index < -0.39 is 0 Å². The third-order valence-corrected chi connectivity index (χ3v) is 3.31. The summed E-state index contributed by atoms with van der Waals surface area (Å²) in [5.74, 6) is -0.197. The lowest BCUT2D eigenvalue weighted by Gasteiger charge is -2.34. The zero-order valence-electron chi connectivity index (χ0n) is 10.2. The molecule has 0 spiro atoms. The maximum absolute atomic E-state index is 13.3. The first-order chi connectivity index (χ1) is 8.22. The van der Waals surface area contributed by atoms with Crippen LogP contribution < -0.4 is 5.73 Å². The van der Waals surface area contributed by atoms with Crippen molar-refractivity contribution >= 4 is 0 Å². The van der Waals surface area contributed by atoms with Gasteiger partial charge >= 0.3 is 0 Å². The van der Waals surface area contributed by atoms with Crippen molar-refractivity contribution < 1.29 is 9.13 Å². The maximum atomic E-state index is 13.3. The van der Waals surface area contributed by atoms with Crippen molar-refractivity contribution in [2.24, 2.45) is 5.73 Å². The van der Waals surface area contributed by atoms with E-state index in [1.807, 2.05) is 13.0 Å². The Labute approximate surface area is 101 Å². The largest absolute Gasteiger partial charge is 0.379 e. The second kappa shape index (κ2) is 5.58. The Bertz CT molecular complexity index is 378. The molecule has 3 nitrogen and oxygen atoms in total. The molecule has 0 bridgehead atoms. The second-order valence-electron chi connectivity index (χ2n) is 4.40. The third kappa shape index (κ3) is 2.83. The molecule has 17 heavy (non-hydrogen) atoms. The number of rotatable bonds is 3. The van der Waals surface area contributed by atoms with Crippen LogP contribution in [0.4, 0.5) is 4.39 Å². The number of nitrogens with zero attached hydrogens (tertiary/aromatic N) is 1. The molecule has 94 valence electrons. The van der Waals surface area contributed by atoms with Gasteiger partial charge in [0.1, 0.15) is 5.82 Å². The van der Waals surface area contributed by atoms with Crippen LogP contribution in [-0.4, -0.2) is 37.7 Å². The van der Waals surface area contributed by atoms with E-state index >= 15 is 0 Å². The Morgan fingerprint density at radius 1 is 1.41 bits per heavy atom. The number of nitrogens with two attached hydrogens (primary N) is 1. The molecule has 1 fully saturated rings. The van der Waals surface area contributed by atoms with Crippen LogP contribution in [0.1, 0.15) is 17.2 Å². The molecule has 1 atom stereocenters. The summed E-state index contributed by atoms with van der Waals surface area (Å²) in [6.07, 6.45) is 0. The zero-order chi connectivity index (χ0) is 12.3. The van der Waals surface area contributed by atoms with E-state index in [1.165, 1.54) is 6.07 Å². The fraction of sp³-hybridized carbons (Fsp3) is 0.538. The highest BCUT2D eigenvalue weighted by Gasteiger charge is 2.22. The second-order valence-corrected chi connectivity index (χ2v) is 4.40. The van der Waals surface area contributed by atoms with Gasteiger partial charge in [-0.25, -0.2) is 4.39 Å². The summed E-state index contributed by atoms with van der Waals surface area (Å²) < 4.78 is 18.7. The van der Waals surface area contributed by atoms with Gasteiger partial charge in [0.25, 0.3) is 0 Å². The van der Waals surface area contributed by atoms with Crippen molar-refractivity contribution in [2.75, 3.05) is 32.8 Å². The van der Waals surface area contributed by atoms with Crippen molar-refractivity contribution in [1.29, 1.82) is 0 Å². The van der Waals surface area contributed by atoms with Crippen molar-refractivity contribution in [3.05, 3.63) is 35.1 Å². The number of aryl methyl sites for hydroxylation is 1. The minimum atomic E-state index is -0.197. The first kappa shape index (κ1) is 12.5. The molecular weight excluding hydrogens is 219 g/mol. The quantitative estimate of drug-likeness (QED) is 0.866. The maximum Gasteiger partial charge on any atom is 0.123 e. The number of ether oxygens (including phenoxy) is 1. The highest BCUT2D eigenvalue weighted by Crippen LogP contribution is 2.24. The van der Waals surface area contributed by atoms with Gasteiger partial charge in [-0.15, -0.1) is 0 Å². The van der Waals surface area contributed by atoms with E-state index in [0.717, 1.165) is 37.4 Å². The van der Waals surface area contributed by atoms with Crippen LogP contribution in [0.2, 0.25) is 0 Å². The van der Waals surface area contributed by atoms with Gasteiger partial charge < -0.3 is 10.5 Å². The molecule has 0 aromatic heterocycles. The Balaban J connectivity index is 2.24. The van der Waals surface area contributed by atoms with Gasteiger partial charge in [-0.1, -0.05) is 6.07 Å². The van der Waals surface area contributed by atoms with Crippen LogP contribution >= 0.6 is 0 Å². The summed E-state index contributed by atoms with van der Waals surface area (Å²) in [5, 5.41) is 0. The predicted molar refractivity (Wildman–Crippen MR) is 65.3 cm³/mol. The molecule has 0 amide bonds. The van der Waals surface area contributed by atoms with Crippen LogP contribution in [-0.2, 0) is 4.74 Å². The summed E-state index contributed by atoms with van der Waals surface area (Å²) in [4.78, 5) is 2.27. The van der Waals surface area contributed by atoms with E-state index in [-0.39, 0.29) is 11.9 Å². The highest BCUT2D eigenvalue weighted by molar-refractivity contribution is 5.30. The first-order valence-corrected chi connectivity index (χ1v) is 6.00. The van der Waals surface area contributed by atoms with Crippen LogP contribution in [0.25, 0.3) is 0 Å². The minimum Gasteiger partial charge on any atom is -0.379 e. The number of benzene rings is 1. The molecule has 2 rings (SSSR count). The number of morpholine rings is 1. The fourth-order valence-corrected chi connectivity index (χ4v) is 2.33. The van der Waals surface area contributed by atoms with Gasteiger partial charge in [-0.3, -0.25) is 4.90 Å². The van der Waals surface area contributed by atoms with Crippen LogP contribution in [0.15, 0.2) is 18.2 Å². The molecule has 0 aliphatic carbocycles. The lowest BCUT2D eigenvalue weighted by atomic mass is 9.99. The minimum absolute atomic E-state index is 0.0922. The average Bonchev–Trinajstić information content (AvgIpc) is 2.36. The van der Waals surface area contributed by atoms with Crippen molar-refractivity contribution in [3.8, 4) is 0 Å². The van der Waals surface area contributed by atoms with Gasteiger partial charge in [0, 0.05) is 25.7 Å². The smallest absolute Gasteiger partial charge is 0.123 e. The third-order valence-electron chi connectivity index (χ3n) is 3.31. The summed E-state index contributed by atoms with van der Waals surface area (Å²) in [7, 11) is 0. The summed E-state index contributed by atoms with van der Waals surface area (Å²) in [6, 6.07) is 5.00. The van der Waals surface area contributed by atoms with E-state index in [0.29, 0.717) is 6.54 Å². The van der Waals surface area contributed by atoms with Crippen molar-refractivity contribution in [1.82, 2.24) is 4.90 Å². The molecule has 1 aliphatic heterocycles. The summed E-state index contributed by atoms with van der Waals surface area (Å²) >= 11 is 0. The summed E-state index contributed by atoms with van der Waals surface area (Å²) in [5.41, 5.74) is 7.94. The van der Waals surface area contributed by atoms with E-state index in [9.17, 15) is 4.39 Å². The zero-order valence-corrected chi connectivity index (χ0v) is 10.2. The van der Waals surface area contributed by atoms with E-state index in [2.05, 4.69) is 4.90 Å². The average molecular weight is 238 g/mol. The van der Waals surface area contributed by atoms with Crippen LogP contribution in [0.5, 0.6) is 0 Å². The highest BCUT2D eigenvalue weighted by atomic mass is 19.1. The van der Waals surface area contributed by atoms with Crippen LogP contribution in [0.3, 0.4) is 0 Å². The lowest BCUT2D eigenvalue weighted by molar-refractivity contribution is 0.0177. The van der Waals surface area contributed by atoms with E-state index in [4.69, 9.17) is 10.5 Å². The molecule has 2 N–H and O–H groups in total. The predicted octanol–water partition coefficient (Wildman–Crippen LogP) is 1.47. The number of hydrogen-bond donors (Lipinski definition) is 1. The number of halogens is 1. The normalized spacial score (nSPS) is 19.2. The van der Waals surface area contributed by atoms with Gasteiger partial charge in [0.05, 0.1) is 13.2 Å². The Kier molecular flexibility index (Phi) is 4.10. The van der Waals surface area contributed by atoms with Crippen molar-refractivity contribution in [2.45, 2.75) is 13.0 Å². The Hall–Kier alpha value is -0.970. The molecule has 0 saturated carbocycles. The summed E-state index contributed by atoms with van der Waals surface area (Å²) in [6.45, 7) is 5.67. The molecule has 1 aliphatic rings.